The number of hydrogen-bond donors (Lipinski definition) is 3. The highest BCUT2D eigenvalue weighted by Gasteiger charge is 2.22. The van der Waals surface area contributed by atoms with E-state index in [1.165, 1.54) is 6.42 Å². The van der Waals surface area contributed by atoms with E-state index in [9.17, 15) is 9.90 Å². The van der Waals surface area contributed by atoms with Crippen LogP contribution >= 0.6 is 0 Å². The maximum Gasteiger partial charge on any atom is 0.228 e. The Hall–Kier alpha value is -2.89. The van der Waals surface area contributed by atoms with Crippen molar-refractivity contribution in [3.63, 3.8) is 0 Å². The fourth-order valence-corrected chi connectivity index (χ4v) is 3.45. The van der Waals surface area contributed by atoms with E-state index in [0.717, 1.165) is 36.6 Å². The van der Waals surface area contributed by atoms with Crippen LogP contribution in [0.2, 0.25) is 0 Å². The zero-order chi connectivity index (χ0) is 17.2. The molecule has 1 aliphatic rings. The van der Waals surface area contributed by atoms with Gasteiger partial charge in [0.05, 0.1) is 5.39 Å². The van der Waals surface area contributed by atoms with Gasteiger partial charge in [-0.15, -0.1) is 0 Å². The number of phenolic OH excluding ortho intramolecular Hbond substituents is 1. The van der Waals surface area contributed by atoms with Gasteiger partial charge in [-0.1, -0.05) is 37.5 Å². The minimum Gasteiger partial charge on any atom is -0.507 e. The zero-order valence-electron chi connectivity index (χ0n) is 13.8. The first-order valence-corrected chi connectivity index (χ1v) is 8.66. The number of carbonyl (C=O) groups is 1. The highest BCUT2D eigenvalue weighted by atomic mass is 16.3. The van der Waals surface area contributed by atoms with E-state index < -0.39 is 0 Å². The molecule has 25 heavy (non-hydrogen) atoms. The highest BCUT2D eigenvalue weighted by molar-refractivity contribution is 6.00. The number of para-hydroxylation sites is 1. The SMILES string of the molecule is O=C(Nc1[nH]nc2ncc(-c3ccccc3O)cc12)C1CCCCC1. The maximum absolute atomic E-state index is 12.5. The van der Waals surface area contributed by atoms with E-state index in [1.54, 1.807) is 18.3 Å². The summed E-state index contributed by atoms with van der Waals surface area (Å²) < 4.78 is 0. The van der Waals surface area contributed by atoms with Gasteiger partial charge in [0, 0.05) is 23.2 Å². The van der Waals surface area contributed by atoms with Gasteiger partial charge in [0.1, 0.15) is 11.6 Å². The molecular formula is C19H20N4O2. The van der Waals surface area contributed by atoms with Crippen molar-refractivity contribution in [2.75, 3.05) is 5.32 Å². The number of nitrogens with one attached hydrogen (secondary N) is 2. The van der Waals surface area contributed by atoms with E-state index in [2.05, 4.69) is 20.5 Å². The Balaban J connectivity index is 1.65. The van der Waals surface area contributed by atoms with Crippen LogP contribution in [0.15, 0.2) is 36.5 Å². The summed E-state index contributed by atoms with van der Waals surface area (Å²) in [7, 11) is 0. The molecule has 6 heteroatoms. The number of fused-ring (bicyclic) bond motifs is 1. The third kappa shape index (κ3) is 3.07. The van der Waals surface area contributed by atoms with Crippen molar-refractivity contribution >= 4 is 22.8 Å². The van der Waals surface area contributed by atoms with Gasteiger partial charge in [-0.05, 0) is 25.0 Å². The summed E-state index contributed by atoms with van der Waals surface area (Å²) in [5.41, 5.74) is 2.01. The molecule has 6 nitrogen and oxygen atoms in total. The zero-order valence-corrected chi connectivity index (χ0v) is 13.8. The number of rotatable bonds is 3. The third-order valence-electron chi connectivity index (χ3n) is 4.85. The molecule has 4 rings (SSSR count). The van der Waals surface area contributed by atoms with Crippen LogP contribution < -0.4 is 5.32 Å². The number of carbonyl (C=O) groups excluding carboxylic acids is 1. The van der Waals surface area contributed by atoms with Crippen molar-refractivity contribution in [3.8, 4) is 16.9 Å². The number of H-pyrrole nitrogens is 1. The number of nitrogens with zero attached hydrogens (tertiary/aromatic N) is 2. The van der Waals surface area contributed by atoms with Crippen LogP contribution in [0, 0.1) is 5.92 Å². The molecule has 2 heterocycles. The molecule has 0 bridgehead atoms. The Labute approximate surface area is 145 Å². The lowest BCUT2D eigenvalue weighted by Crippen LogP contribution is -2.24. The summed E-state index contributed by atoms with van der Waals surface area (Å²) in [6.07, 6.45) is 7.00. The highest BCUT2D eigenvalue weighted by Crippen LogP contribution is 2.32. The fourth-order valence-electron chi connectivity index (χ4n) is 3.45. The molecule has 2 aromatic heterocycles. The van der Waals surface area contributed by atoms with Crippen molar-refractivity contribution in [1.82, 2.24) is 15.2 Å². The molecule has 1 saturated carbocycles. The van der Waals surface area contributed by atoms with Crippen molar-refractivity contribution < 1.29 is 9.90 Å². The van der Waals surface area contributed by atoms with Crippen LogP contribution in [0.25, 0.3) is 22.2 Å². The quantitative estimate of drug-likeness (QED) is 0.677. The van der Waals surface area contributed by atoms with Gasteiger partial charge in [-0.25, -0.2) is 4.98 Å². The molecule has 1 aliphatic carbocycles. The van der Waals surface area contributed by atoms with Gasteiger partial charge < -0.3 is 10.4 Å². The molecule has 0 spiro atoms. The van der Waals surface area contributed by atoms with Crippen LogP contribution in [0.4, 0.5) is 5.82 Å². The molecule has 0 unspecified atom stereocenters. The standard InChI is InChI=1S/C19H20N4O2/c24-16-9-5-4-8-14(16)13-10-15-17(20-11-13)22-23-18(15)21-19(25)12-6-2-1-3-7-12/h4-5,8-12,24H,1-3,6-7H2,(H2,20,21,22,23,25). The van der Waals surface area contributed by atoms with Crippen molar-refractivity contribution in [2.45, 2.75) is 32.1 Å². The van der Waals surface area contributed by atoms with Gasteiger partial charge in [-0.3, -0.25) is 9.89 Å². The molecule has 1 amide bonds. The molecule has 1 aromatic carbocycles. The second kappa shape index (κ2) is 6.55. The van der Waals surface area contributed by atoms with Crippen LogP contribution in [-0.2, 0) is 4.79 Å². The Bertz CT molecular complexity index is 913. The van der Waals surface area contributed by atoms with E-state index in [4.69, 9.17) is 0 Å². The Kier molecular flexibility index (Phi) is 4.09. The Morgan fingerprint density at radius 2 is 2.00 bits per heavy atom. The van der Waals surface area contributed by atoms with Gasteiger partial charge in [-0.2, -0.15) is 5.10 Å². The first-order chi connectivity index (χ1) is 12.2. The van der Waals surface area contributed by atoms with E-state index in [0.29, 0.717) is 17.0 Å². The number of phenols is 1. The first-order valence-electron chi connectivity index (χ1n) is 8.66. The van der Waals surface area contributed by atoms with Gasteiger partial charge in [0.2, 0.25) is 5.91 Å². The fraction of sp³-hybridized carbons (Fsp3) is 0.316. The average Bonchev–Trinajstić information content (AvgIpc) is 3.05. The summed E-state index contributed by atoms with van der Waals surface area (Å²) in [5.74, 6) is 0.870. The summed E-state index contributed by atoms with van der Waals surface area (Å²) in [4.78, 5) is 16.8. The summed E-state index contributed by atoms with van der Waals surface area (Å²) in [6, 6.07) is 9.00. The van der Waals surface area contributed by atoms with Crippen molar-refractivity contribution in [1.29, 1.82) is 0 Å². The second-order valence-electron chi connectivity index (χ2n) is 6.54. The van der Waals surface area contributed by atoms with E-state index in [1.807, 2.05) is 18.2 Å². The molecule has 0 radical (unpaired) electrons. The number of aromatic hydroxyl groups is 1. The molecule has 0 atom stereocenters. The predicted molar refractivity (Wildman–Crippen MR) is 96.2 cm³/mol. The number of amides is 1. The monoisotopic (exact) mass is 336 g/mol. The second-order valence-corrected chi connectivity index (χ2v) is 6.54. The minimum atomic E-state index is 0.0400. The first kappa shape index (κ1) is 15.6. The molecule has 3 N–H and O–H groups in total. The van der Waals surface area contributed by atoms with Crippen LogP contribution in [-0.4, -0.2) is 26.2 Å². The lowest BCUT2D eigenvalue weighted by Gasteiger charge is -2.20. The number of anilines is 1. The van der Waals surface area contributed by atoms with Crippen LogP contribution in [0.5, 0.6) is 5.75 Å². The number of pyridine rings is 1. The van der Waals surface area contributed by atoms with E-state index in [-0.39, 0.29) is 17.6 Å². The molecular weight excluding hydrogens is 316 g/mol. The largest absolute Gasteiger partial charge is 0.507 e. The van der Waals surface area contributed by atoms with Gasteiger partial charge in [0.25, 0.3) is 0 Å². The van der Waals surface area contributed by atoms with Crippen LogP contribution in [0.3, 0.4) is 0 Å². The molecule has 0 saturated heterocycles. The summed E-state index contributed by atoms with van der Waals surface area (Å²) in [5, 5.41) is 20.8. The van der Waals surface area contributed by atoms with Crippen molar-refractivity contribution in [3.05, 3.63) is 36.5 Å². The average molecular weight is 336 g/mol. The topological polar surface area (TPSA) is 90.9 Å². The number of aromatic amines is 1. The lowest BCUT2D eigenvalue weighted by molar-refractivity contribution is -0.120. The molecule has 3 aromatic rings. The van der Waals surface area contributed by atoms with Gasteiger partial charge >= 0.3 is 0 Å². The Morgan fingerprint density at radius 1 is 1.20 bits per heavy atom. The third-order valence-corrected chi connectivity index (χ3v) is 4.85. The lowest BCUT2D eigenvalue weighted by atomic mass is 9.89. The molecule has 128 valence electrons. The molecule has 0 aliphatic heterocycles. The van der Waals surface area contributed by atoms with Crippen molar-refractivity contribution in [2.24, 2.45) is 5.92 Å². The summed E-state index contributed by atoms with van der Waals surface area (Å²) in [6.45, 7) is 0. The Morgan fingerprint density at radius 3 is 2.80 bits per heavy atom. The normalized spacial score (nSPS) is 15.4. The number of aromatic nitrogens is 3. The minimum absolute atomic E-state index is 0.0400. The van der Waals surface area contributed by atoms with Gasteiger partial charge in [0.15, 0.2) is 5.65 Å². The summed E-state index contributed by atoms with van der Waals surface area (Å²) >= 11 is 0. The molecule has 1 fully saturated rings. The predicted octanol–water partition coefficient (Wildman–Crippen LogP) is 3.85. The number of hydrogen-bond acceptors (Lipinski definition) is 4. The smallest absolute Gasteiger partial charge is 0.228 e. The van der Waals surface area contributed by atoms with Crippen LogP contribution in [0.1, 0.15) is 32.1 Å². The number of benzene rings is 1. The maximum atomic E-state index is 12.5. The van der Waals surface area contributed by atoms with E-state index >= 15 is 0 Å².